The second-order valence-electron chi connectivity index (χ2n) is 5.27. The number of hydrogen-bond donors (Lipinski definition) is 3. The van der Waals surface area contributed by atoms with E-state index in [2.05, 4.69) is 10.6 Å². The van der Waals surface area contributed by atoms with Crippen LogP contribution in [0.3, 0.4) is 0 Å². The quantitative estimate of drug-likeness (QED) is 0.668. The molecule has 3 N–H and O–H groups in total. The third-order valence-corrected chi connectivity index (χ3v) is 3.42. The molecule has 0 fully saturated rings. The van der Waals surface area contributed by atoms with Crippen molar-refractivity contribution >= 4 is 29.0 Å². The summed E-state index contributed by atoms with van der Waals surface area (Å²) in [6.07, 6.45) is 0. The first kappa shape index (κ1) is 18.0. The molecule has 0 saturated heterocycles. The number of nitrogens with one attached hydrogen (secondary N) is 2. The molecule has 0 aromatic heterocycles. The molecule has 2 rings (SSSR count). The van der Waals surface area contributed by atoms with Gasteiger partial charge in [-0.1, -0.05) is 0 Å². The van der Waals surface area contributed by atoms with Gasteiger partial charge in [0.1, 0.15) is 11.5 Å². The summed E-state index contributed by atoms with van der Waals surface area (Å²) in [7, 11) is 1.82. The van der Waals surface area contributed by atoms with Crippen LogP contribution in [0.15, 0.2) is 48.5 Å². The van der Waals surface area contributed by atoms with E-state index in [1.807, 2.05) is 31.3 Å². The van der Waals surface area contributed by atoms with Crippen LogP contribution < -0.4 is 15.4 Å². The molecule has 0 spiro atoms. The molecule has 1 unspecified atom stereocenters. The lowest BCUT2D eigenvalue weighted by Gasteiger charge is -2.11. The van der Waals surface area contributed by atoms with Gasteiger partial charge in [-0.15, -0.1) is 0 Å². The molecule has 0 heterocycles. The Labute approximate surface area is 144 Å². The number of carbonyl (C=O) groups is 3. The van der Waals surface area contributed by atoms with Crippen LogP contribution in [0.5, 0.6) is 11.5 Å². The molecule has 25 heavy (non-hydrogen) atoms. The van der Waals surface area contributed by atoms with Gasteiger partial charge >= 0.3 is 5.97 Å². The summed E-state index contributed by atoms with van der Waals surface area (Å²) in [4.78, 5) is 34.1. The van der Waals surface area contributed by atoms with Crippen molar-refractivity contribution in [3.63, 3.8) is 0 Å². The van der Waals surface area contributed by atoms with Crippen LogP contribution in [0.4, 0.5) is 11.4 Å². The molecule has 0 aliphatic heterocycles. The molecular weight excluding hydrogens is 324 g/mol. The lowest BCUT2D eigenvalue weighted by atomic mass is 10.0. The number of aliphatic carboxylic acids is 1. The molecule has 2 aromatic rings. The average Bonchev–Trinajstić information content (AvgIpc) is 2.56. The number of carboxylic acids is 1. The second kappa shape index (κ2) is 7.96. The normalized spacial score (nSPS) is 11.3. The second-order valence-corrected chi connectivity index (χ2v) is 5.27. The molecule has 2 aromatic carbocycles. The van der Waals surface area contributed by atoms with Gasteiger partial charge in [0, 0.05) is 18.4 Å². The topological polar surface area (TPSA) is 105 Å². The Kier molecular flexibility index (Phi) is 5.73. The van der Waals surface area contributed by atoms with Gasteiger partial charge in [-0.25, -0.2) is 0 Å². The van der Waals surface area contributed by atoms with Crippen LogP contribution in [0.2, 0.25) is 0 Å². The number of ketones is 1. The molecule has 1 atom stereocenters. The number of ether oxygens (including phenoxy) is 1. The zero-order chi connectivity index (χ0) is 18.4. The van der Waals surface area contributed by atoms with Crippen molar-refractivity contribution in [2.75, 3.05) is 17.7 Å². The fourth-order valence-electron chi connectivity index (χ4n) is 2.12. The summed E-state index contributed by atoms with van der Waals surface area (Å²) in [5.41, 5.74) is 1.33. The summed E-state index contributed by atoms with van der Waals surface area (Å²) in [6.45, 7) is 1.06. The maximum Gasteiger partial charge on any atom is 0.323 e. The highest BCUT2D eigenvalue weighted by Crippen LogP contribution is 2.24. The Morgan fingerprint density at radius 3 is 1.80 bits per heavy atom. The van der Waals surface area contributed by atoms with Crippen molar-refractivity contribution in [1.29, 1.82) is 0 Å². The van der Waals surface area contributed by atoms with Crippen molar-refractivity contribution in [3.05, 3.63) is 48.5 Å². The van der Waals surface area contributed by atoms with E-state index >= 15 is 0 Å². The van der Waals surface area contributed by atoms with Gasteiger partial charge in [-0.3, -0.25) is 14.4 Å². The SMILES string of the molecule is CNc1ccc(Oc2ccc(NC(=O)C(C(C)=O)C(=O)O)cc2)cc1. The van der Waals surface area contributed by atoms with E-state index < -0.39 is 23.6 Å². The largest absolute Gasteiger partial charge is 0.480 e. The monoisotopic (exact) mass is 342 g/mol. The first-order valence-electron chi connectivity index (χ1n) is 7.50. The first-order valence-corrected chi connectivity index (χ1v) is 7.50. The van der Waals surface area contributed by atoms with Crippen molar-refractivity contribution in [2.45, 2.75) is 6.92 Å². The maximum atomic E-state index is 11.9. The molecular formula is C18H18N2O5. The number of carbonyl (C=O) groups excluding carboxylic acids is 2. The Morgan fingerprint density at radius 2 is 1.40 bits per heavy atom. The fourth-order valence-corrected chi connectivity index (χ4v) is 2.12. The predicted octanol–water partition coefficient (Wildman–Crippen LogP) is 2.75. The highest BCUT2D eigenvalue weighted by molar-refractivity contribution is 6.19. The Balaban J connectivity index is 2.02. The predicted molar refractivity (Wildman–Crippen MR) is 92.9 cm³/mol. The van der Waals surface area contributed by atoms with E-state index in [-0.39, 0.29) is 0 Å². The van der Waals surface area contributed by atoms with E-state index in [0.29, 0.717) is 17.2 Å². The fraction of sp³-hybridized carbons (Fsp3) is 0.167. The van der Waals surface area contributed by atoms with Gasteiger partial charge in [0.2, 0.25) is 5.91 Å². The summed E-state index contributed by atoms with van der Waals surface area (Å²) < 4.78 is 5.67. The molecule has 1 amide bonds. The molecule has 0 saturated carbocycles. The summed E-state index contributed by atoms with van der Waals surface area (Å²) >= 11 is 0. The van der Waals surface area contributed by atoms with Gasteiger partial charge in [0.05, 0.1) is 0 Å². The zero-order valence-corrected chi connectivity index (χ0v) is 13.8. The summed E-state index contributed by atoms with van der Waals surface area (Å²) in [6, 6.07) is 13.8. The number of rotatable bonds is 7. The third kappa shape index (κ3) is 4.81. The molecule has 7 nitrogen and oxygen atoms in total. The lowest BCUT2D eigenvalue weighted by molar-refractivity contribution is -0.149. The number of amides is 1. The number of anilines is 2. The van der Waals surface area contributed by atoms with Crippen molar-refractivity contribution in [3.8, 4) is 11.5 Å². The van der Waals surface area contributed by atoms with Crippen molar-refractivity contribution in [1.82, 2.24) is 0 Å². The maximum absolute atomic E-state index is 11.9. The minimum absolute atomic E-state index is 0.371. The van der Waals surface area contributed by atoms with Gasteiger partial charge in [-0.05, 0) is 55.5 Å². The van der Waals surface area contributed by atoms with Crippen LogP contribution in [0.25, 0.3) is 0 Å². The Hall–Kier alpha value is -3.35. The lowest BCUT2D eigenvalue weighted by Crippen LogP contribution is -2.34. The summed E-state index contributed by atoms with van der Waals surface area (Å²) in [5, 5.41) is 14.3. The minimum atomic E-state index is -1.72. The number of Topliss-reactive ketones (excluding diaryl/α,β-unsaturated/α-hetero) is 1. The van der Waals surface area contributed by atoms with Gasteiger partial charge in [0.15, 0.2) is 11.7 Å². The van der Waals surface area contributed by atoms with E-state index in [1.165, 1.54) is 0 Å². The number of carboxylic acid groups (broad SMARTS) is 1. The first-order chi connectivity index (χ1) is 11.9. The van der Waals surface area contributed by atoms with E-state index in [4.69, 9.17) is 9.84 Å². The zero-order valence-electron chi connectivity index (χ0n) is 13.8. The van der Waals surface area contributed by atoms with Crippen LogP contribution >= 0.6 is 0 Å². The van der Waals surface area contributed by atoms with Gasteiger partial charge < -0.3 is 20.5 Å². The molecule has 7 heteroatoms. The Bertz CT molecular complexity index is 755. The van der Waals surface area contributed by atoms with Crippen LogP contribution in [-0.4, -0.2) is 29.8 Å². The van der Waals surface area contributed by atoms with Gasteiger partial charge in [0.25, 0.3) is 0 Å². The highest BCUT2D eigenvalue weighted by atomic mass is 16.5. The van der Waals surface area contributed by atoms with Gasteiger partial charge in [-0.2, -0.15) is 0 Å². The molecule has 0 bridgehead atoms. The molecule has 0 radical (unpaired) electrons. The van der Waals surface area contributed by atoms with Crippen molar-refractivity contribution in [2.24, 2.45) is 5.92 Å². The standard InChI is InChI=1S/C18H18N2O5/c1-11(21)16(18(23)24)17(22)20-13-5-9-15(10-6-13)25-14-7-3-12(19-2)4-8-14/h3-10,16,19H,1-2H3,(H,20,22)(H,23,24). The third-order valence-electron chi connectivity index (χ3n) is 3.42. The molecule has 0 aliphatic carbocycles. The van der Waals surface area contributed by atoms with E-state index in [1.54, 1.807) is 24.3 Å². The van der Waals surface area contributed by atoms with Crippen LogP contribution in [-0.2, 0) is 14.4 Å². The molecule has 130 valence electrons. The number of hydrogen-bond acceptors (Lipinski definition) is 5. The smallest absolute Gasteiger partial charge is 0.323 e. The van der Waals surface area contributed by atoms with Crippen LogP contribution in [0.1, 0.15) is 6.92 Å². The summed E-state index contributed by atoms with van der Waals surface area (Å²) in [5.74, 6) is -3.60. The van der Waals surface area contributed by atoms with Crippen LogP contribution in [0, 0.1) is 5.92 Å². The van der Waals surface area contributed by atoms with E-state index in [0.717, 1.165) is 12.6 Å². The Morgan fingerprint density at radius 1 is 0.920 bits per heavy atom. The minimum Gasteiger partial charge on any atom is -0.480 e. The molecule has 0 aliphatic rings. The number of benzene rings is 2. The van der Waals surface area contributed by atoms with Crippen molar-refractivity contribution < 1.29 is 24.2 Å². The average molecular weight is 342 g/mol. The highest BCUT2D eigenvalue weighted by Gasteiger charge is 2.30. The van der Waals surface area contributed by atoms with E-state index in [9.17, 15) is 14.4 Å².